The summed E-state index contributed by atoms with van der Waals surface area (Å²) in [6.45, 7) is 0.752. The van der Waals surface area contributed by atoms with Gasteiger partial charge in [-0.3, -0.25) is 9.36 Å². The number of carbonyl (C=O) groups excluding carboxylic acids is 1. The lowest BCUT2D eigenvalue weighted by Gasteiger charge is -2.18. The number of benzene rings is 2. The van der Waals surface area contributed by atoms with Crippen LogP contribution in [0.2, 0.25) is 0 Å². The lowest BCUT2D eigenvalue weighted by molar-refractivity contribution is 0.0766. The molecule has 0 aliphatic heterocycles. The first kappa shape index (κ1) is 19.3. The molecule has 1 N–H and O–H groups in total. The maximum atomic E-state index is 13.2. The summed E-state index contributed by atoms with van der Waals surface area (Å²) in [7, 11) is 1.69. The van der Waals surface area contributed by atoms with Crippen LogP contribution in [0.1, 0.15) is 10.5 Å². The summed E-state index contributed by atoms with van der Waals surface area (Å²) in [6.07, 6.45) is 1.56. The van der Waals surface area contributed by atoms with Gasteiger partial charge >= 0.3 is 0 Å². The highest BCUT2D eigenvalue weighted by Gasteiger charge is 2.18. The van der Waals surface area contributed by atoms with E-state index in [-0.39, 0.29) is 11.7 Å². The molecule has 0 saturated carbocycles. The van der Waals surface area contributed by atoms with Gasteiger partial charge in [0, 0.05) is 23.4 Å². The molecular weight excluding hydrogens is 433 g/mol. The van der Waals surface area contributed by atoms with Crippen molar-refractivity contribution >= 4 is 34.1 Å². The van der Waals surface area contributed by atoms with Crippen LogP contribution in [0, 0.1) is 10.6 Å². The molecule has 1 heterocycles. The number of hydrogen-bond acceptors (Lipinski definition) is 3. The summed E-state index contributed by atoms with van der Waals surface area (Å²) in [5.41, 5.74) is 0.989. The number of aromatic nitrogens is 2. The predicted octanol–water partition coefficient (Wildman–Crippen LogP) is 4.59. The van der Waals surface area contributed by atoms with Gasteiger partial charge in [-0.25, -0.2) is 4.39 Å². The molecule has 3 aromatic rings. The van der Waals surface area contributed by atoms with Crippen LogP contribution in [0.25, 0.3) is 5.69 Å². The van der Waals surface area contributed by atoms with Gasteiger partial charge in [-0.2, -0.15) is 0 Å². The van der Waals surface area contributed by atoms with Gasteiger partial charge in [0.25, 0.3) is 5.91 Å². The number of nitrogens with one attached hydrogen (secondary N) is 1. The van der Waals surface area contributed by atoms with Crippen LogP contribution < -0.4 is 4.74 Å². The second-order valence-electron chi connectivity index (χ2n) is 5.82. The van der Waals surface area contributed by atoms with Gasteiger partial charge in [0.1, 0.15) is 23.9 Å². The van der Waals surface area contributed by atoms with Crippen LogP contribution in [0.5, 0.6) is 5.75 Å². The van der Waals surface area contributed by atoms with Crippen molar-refractivity contribution in [3.63, 3.8) is 0 Å². The number of carbonyl (C=O) groups is 1. The van der Waals surface area contributed by atoms with E-state index in [9.17, 15) is 9.18 Å². The normalized spacial score (nSPS) is 10.6. The maximum Gasteiger partial charge on any atom is 0.272 e. The first-order chi connectivity index (χ1) is 13.0. The minimum absolute atomic E-state index is 0.217. The fraction of sp³-hybridized carbons (Fsp3) is 0.158. The molecule has 5 nitrogen and oxygen atoms in total. The summed E-state index contributed by atoms with van der Waals surface area (Å²) in [4.78, 5) is 17.2. The maximum absolute atomic E-state index is 13.2. The third-order valence-corrected chi connectivity index (χ3v) is 4.77. The van der Waals surface area contributed by atoms with Gasteiger partial charge in [0.2, 0.25) is 0 Å². The van der Waals surface area contributed by atoms with Crippen molar-refractivity contribution in [2.75, 3.05) is 20.2 Å². The van der Waals surface area contributed by atoms with Crippen molar-refractivity contribution in [2.45, 2.75) is 0 Å². The molecule has 0 bridgehead atoms. The molecule has 0 radical (unpaired) electrons. The number of hydrogen-bond donors (Lipinski definition) is 1. The smallest absolute Gasteiger partial charge is 0.272 e. The number of likely N-dealkylation sites (N-methyl/N-ethyl adjacent to an activating group) is 1. The molecular formula is C19H17BrFN3O2S. The summed E-state index contributed by atoms with van der Waals surface area (Å²) in [5.74, 6) is 0.164. The zero-order valence-corrected chi connectivity index (χ0v) is 16.9. The average molecular weight is 450 g/mol. The van der Waals surface area contributed by atoms with E-state index >= 15 is 0 Å². The summed E-state index contributed by atoms with van der Waals surface area (Å²) < 4.78 is 21.8. The molecule has 0 spiro atoms. The fourth-order valence-corrected chi connectivity index (χ4v) is 3.03. The molecule has 3 rings (SSSR count). The van der Waals surface area contributed by atoms with Crippen LogP contribution in [-0.2, 0) is 0 Å². The van der Waals surface area contributed by atoms with Gasteiger partial charge < -0.3 is 14.6 Å². The molecule has 27 heavy (non-hydrogen) atoms. The van der Waals surface area contributed by atoms with Crippen LogP contribution in [0.15, 0.2) is 59.2 Å². The number of ether oxygens (including phenoxy) is 1. The van der Waals surface area contributed by atoms with Crippen molar-refractivity contribution in [3.05, 3.63) is 75.5 Å². The Morgan fingerprint density at radius 3 is 2.56 bits per heavy atom. The molecule has 0 fully saturated rings. The second kappa shape index (κ2) is 8.49. The van der Waals surface area contributed by atoms with Crippen molar-refractivity contribution < 1.29 is 13.9 Å². The number of amides is 1. The van der Waals surface area contributed by atoms with E-state index in [4.69, 9.17) is 17.0 Å². The van der Waals surface area contributed by atoms with Crippen molar-refractivity contribution in [1.29, 1.82) is 0 Å². The second-order valence-corrected chi connectivity index (χ2v) is 7.12. The summed E-state index contributed by atoms with van der Waals surface area (Å²) in [5, 5.41) is 0. The quantitative estimate of drug-likeness (QED) is 0.559. The van der Waals surface area contributed by atoms with E-state index in [2.05, 4.69) is 20.9 Å². The number of imidazole rings is 1. The highest BCUT2D eigenvalue weighted by molar-refractivity contribution is 9.10. The van der Waals surface area contributed by atoms with Crippen molar-refractivity contribution in [2.24, 2.45) is 0 Å². The van der Waals surface area contributed by atoms with E-state index in [1.54, 1.807) is 34.8 Å². The number of nitrogens with zero attached hydrogens (tertiary/aromatic N) is 2. The molecule has 1 aromatic heterocycles. The van der Waals surface area contributed by atoms with Crippen molar-refractivity contribution in [1.82, 2.24) is 14.5 Å². The van der Waals surface area contributed by atoms with Gasteiger partial charge in [-0.1, -0.05) is 15.9 Å². The van der Waals surface area contributed by atoms with Crippen LogP contribution in [-0.4, -0.2) is 40.6 Å². The first-order valence-electron chi connectivity index (χ1n) is 8.16. The molecule has 0 aliphatic rings. The molecule has 140 valence electrons. The molecule has 0 saturated heterocycles. The monoisotopic (exact) mass is 449 g/mol. The Hall–Kier alpha value is -2.45. The fourth-order valence-electron chi connectivity index (χ4n) is 2.50. The number of aromatic amines is 1. The first-order valence-corrected chi connectivity index (χ1v) is 9.36. The third kappa shape index (κ3) is 4.64. The van der Waals surface area contributed by atoms with Crippen LogP contribution in [0.3, 0.4) is 0 Å². The van der Waals surface area contributed by atoms with Gasteiger partial charge in [-0.05, 0) is 60.7 Å². The Morgan fingerprint density at radius 1 is 1.22 bits per heavy atom. The van der Waals surface area contributed by atoms with E-state index in [1.165, 1.54) is 12.1 Å². The SMILES string of the molecule is CN(CCOc1ccc(Br)cc1)C(=O)c1c[nH]c(=S)n1-c1ccc(F)cc1. The zero-order chi connectivity index (χ0) is 19.4. The van der Waals surface area contributed by atoms with Gasteiger partial charge in [0.15, 0.2) is 4.77 Å². The van der Waals surface area contributed by atoms with Crippen LogP contribution in [0.4, 0.5) is 4.39 Å². The summed E-state index contributed by atoms with van der Waals surface area (Å²) in [6, 6.07) is 13.3. The standard InChI is InChI=1S/C19H17BrFN3O2S/c1-23(10-11-26-16-8-2-13(20)3-9-16)18(25)17-12-22-19(27)24(17)15-6-4-14(21)5-7-15/h2-9,12H,10-11H2,1H3,(H,22,27). The summed E-state index contributed by atoms with van der Waals surface area (Å²) >= 11 is 8.64. The highest BCUT2D eigenvalue weighted by atomic mass is 79.9. The molecule has 8 heteroatoms. The Bertz CT molecular complexity index is 983. The lowest BCUT2D eigenvalue weighted by Crippen LogP contribution is -2.32. The third-order valence-electron chi connectivity index (χ3n) is 3.94. The predicted molar refractivity (Wildman–Crippen MR) is 108 cm³/mol. The molecule has 0 unspecified atom stereocenters. The van der Waals surface area contributed by atoms with E-state index in [0.717, 1.165) is 10.2 Å². The van der Waals surface area contributed by atoms with Crippen LogP contribution >= 0.6 is 28.1 Å². The largest absolute Gasteiger partial charge is 0.492 e. The van der Waals surface area contributed by atoms with Gasteiger partial charge in [-0.15, -0.1) is 0 Å². The molecule has 0 aliphatic carbocycles. The minimum Gasteiger partial charge on any atom is -0.492 e. The van der Waals surface area contributed by atoms with E-state index in [1.807, 2.05) is 24.3 Å². The number of rotatable bonds is 6. The van der Waals surface area contributed by atoms with E-state index < -0.39 is 0 Å². The lowest BCUT2D eigenvalue weighted by atomic mass is 10.3. The highest BCUT2D eigenvalue weighted by Crippen LogP contribution is 2.17. The number of halogens is 2. The zero-order valence-electron chi connectivity index (χ0n) is 14.5. The van der Waals surface area contributed by atoms with Crippen molar-refractivity contribution in [3.8, 4) is 11.4 Å². The molecule has 2 aromatic carbocycles. The van der Waals surface area contributed by atoms with E-state index in [0.29, 0.717) is 29.3 Å². The molecule has 0 atom stereocenters. The Balaban J connectivity index is 1.69. The Morgan fingerprint density at radius 2 is 1.89 bits per heavy atom. The van der Waals surface area contributed by atoms with Gasteiger partial charge in [0.05, 0.1) is 6.54 Å². The average Bonchev–Trinajstić information content (AvgIpc) is 3.05. The molecule has 1 amide bonds. The topological polar surface area (TPSA) is 50.3 Å². The minimum atomic E-state index is -0.351. The Labute approximate surface area is 169 Å². The number of H-pyrrole nitrogens is 1. The Kier molecular flexibility index (Phi) is 6.08.